The maximum absolute atomic E-state index is 5.72. The second-order valence-corrected chi connectivity index (χ2v) is 4.59. The van der Waals surface area contributed by atoms with E-state index in [1.807, 2.05) is 6.92 Å². The van der Waals surface area contributed by atoms with Gasteiger partial charge in [-0.25, -0.2) is 0 Å². The smallest absolute Gasteiger partial charge is 0.0230 e. The van der Waals surface area contributed by atoms with Crippen molar-refractivity contribution in [1.82, 2.24) is 0 Å². The van der Waals surface area contributed by atoms with Gasteiger partial charge in [0.2, 0.25) is 0 Å². The Balaban J connectivity index is 3.87. The molecule has 1 nitrogen and oxygen atoms in total. The molecule has 0 fully saturated rings. The van der Waals surface area contributed by atoms with E-state index in [-0.39, 0.29) is 11.5 Å². The van der Waals surface area contributed by atoms with Crippen LogP contribution in [0.25, 0.3) is 0 Å². The van der Waals surface area contributed by atoms with Crippen LogP contribution in [-0.4, -0.2) is 6.04 Å². The molecule has 0 aromatic rings. The van der Waals surface area contributed by atoms with Crippen LogP contribution >= 0.6 is 0 Å². The minimum Gasteiger partial charge on any atom is -0.328 e. The molecule has 2 atom stereocenters. The summed E-state index contributed by atoms with van der Waals surface area (Å²) < 4.78 is 0. The van der Waals surface area contributed by atoms with Crippen molar-refractivity contribution in [2.45, 2.75) is 47.1 Å². The average molecular weight is 167 g/mol. The first-order valence-corrected chi connectivity index (χ1v) is 4.58. The van der Waals surface area contributed by atoms with E-state index in [1.54, 1.807) is 0 Å². The average Bonchev–Trinajstić information content (AvgIpc) is 1.84. The molecule has 0 saturated heterocycles. The lowest BCUT2D eigenvalue weighted by Crippen LogP contribution is -2.23. The van der Waals surface area contributed by atoms with Crippen molar-refractivity contribution in [2.75, 3.05) is 0 Å². The third-order valence-electron chi connectivity index (χ3n) is 1.78. The minimum atomic E-state index is 0.123. The molecule has 1 heteroatoms. The molecule has 0 spiro atoms. The fraction of sp³-hybridized carbons (Fsp3) is 0.818. The van der Waals surface area contributed by atoms with E-state index in [0.29, 0.717) is 5.92 Å². The number of rotatable bonds is 2. The van der Waals surface area contributed by atoms with E-state index in [9.17, 15) is 0 Å². The molecule has 70 valence electrons. The zero-order valence-electron chi connectivity index (χ0n) is 8.94. The molecule has 0 aliphatic rings. The zero-order chi connectivity index (χ0) is 9.78. The summed E-state index contributed by atoms with van der Waals surface area (Å²) in [7, 11) is 0. The third kappa shape index (κ3) is 6.24. The maximum atomic E-state index is 5.72. The lowest BCUT2D eigenvalue weighted by atomic mass is 9.95. The molecule has 0 saturated carbocycles. The minimum absolute atomic E-state index is 0.123. The highest BCUT2D eigenvalue weighted by Crippen LogP contribution is 2.11. The van der Waals surface area contributed by atoms with Crippen molar-refractivity contribution < 1.29 is 0 Å². The zero-order valence-corrected chi connectivity index (χ0v) is 8.94. The lowest BCUT2D eigenvalue weighted by molar-refractivity contribution is 0.494. The molecule has 2 unspecified atom stereocenters. The van der Waals surface area contributed by atoms with Gasteiger partial charge in [-0.2, -0.15) is 0 Å². The van der Waals surface area contributed by atoms with E-state index >= 15 is 0 Å². The van der Waals surface area contributed by atoms with Crippen molar-refractivity contribution in [3.05, 3.63) is 0 Å². The molecule has 0 amide bonds. The van der Waals surface area contributed by atoms with Gasteiger partial charge in [-0.15, -0.1) is 5.92 Å². The first-order chi connectivity index (χ1) is 5.33. The normalized spacial score (nSPS) is 16.2. The van der Waals surface area contributed by atoms with Gasteiger partial charge in [-0.3, -0.25) is 0 Å². The second kappa shape index (κ2) is 4.52. The summed E-state index contributed by atoms with van der Waals surface area (Å²) in [5, 5.41) is 0. The molecule has 0 aromatic carbocycles. The molecule has 0 radical (unpaired) electrons. The van der Waals surface area contributed by atoms with E-state index in [4.69, 9.17) is 5.73 Å². The Morgan fingerprint density at radius 3 is 2.08 bits per heavy atom. The van der Waals surface area contributed by atoms with Crippen molar-refractivity contribution in [2.24, 2.45) is 17.1 Å². The topological polar surface area (TPSA) is 26.0 Å². The monoisotopic (exact) mass is 167 g/mol. The molecular formula is C11H21N. The van der Waals surface area contributed by atoms with Crippen molar-refractivity contribution in [1.29, 1.82) is 0 Å². The summed E-state index contributed by atoms with van der Waals surface area (Å²) in [5.41, 5.74) is 5.84. The van der Waals surface area contributed by atoms with Crippen molar-refractivity contribution >= 4 is 0 Å². The van der Waals surface area contributed by atoms with Gasteiger partial charge in [0.25, 0.3) is 0 Å². The van der Waals surface area contributed by atoms with Crippen LogP contribution in [0.2, 0.25) is 0 Å². The van der Waals surface area contributed by atoms with Crippen LogP contribution in [0.1, 0.15) is 41.0 Å². The Kier molecular flexibility index (Phi) is 4.34. The molecule has 0 aliphatic carbocycles. The second-order valence-electron chi connectivity index (χ2n) is 4.59. The molecule has 0 aliphatic heterocycles. The third-order valence-corrected chi connectivity index (χ3v) is 1.78. The summed E-state index contributed by atoms with van der Waals surface area (Å²) in [4.78, 5) is 0. The fourth-order valence-electron chi connectivity index (χ4n) is 0.663. The van der Waals surface area contributed by atoms with Gasteiger partial charge in [0.1, 0.15) is 0 Å². The summed E-state index contributed by atoms with van der Waals surface area (Å²) in [6.07, 6.45) is 0.912. The van der Waals surface area contributed by atoms with Crippen LogP contribution in [0.15, 0.2) is 0 Å². The summed E-state index contributed by atoms with van der Waals surface area (Å²) in [5.74, 6) is 6.88. The van der Waals surface area contributed by atoms with Gasteiger partial charge in [0, 0.05) is 17.9 Å². The van der Waals surface area contributed by atoms with E-state index in [0.717, 1.165) is 6.42 Å². The quantitative estimate of drug-likeness (QED) is 0.628. The van der Waals surface area contributed by atoms with Gasteiger partial charge in [0.05, 0.1) is 0 Å². The Bertz CT molecular complexity index is 175. The standard InChI is InChI=1S/C11H21N/c1-9(10(2)12)7-6-8-11(3,4)5/h9-10H,7,12H2,1-5H3. The molecule has 2 N–H and O–H groups in total. The van der Waals surface area contributed by atoms with Crippen LogP contribution in [0.4, 0.5) is 0 Å². The van der Waals surface area contributed by atoms with E-state index < -0.39 is 0 Å². The molecule has 0 aromatic heterocycles. The van der Waals surface area contributed by atoms with Crippen LogP contribution in [0.5, 0.6) is 0 Å². The van der Waals surface area contributed by atoms with Crippen LogP contribution in [0, 0.1) is 23.2 Å². The highest BCUT2D eigenvalue weighted by Gasteiger charge is 2.06. The predicted octanol–water partition coefficient (Wildman–Crippen LogP) is 2.41. The lowest BCUT2D eigenvalue weighted by Gasteiger charge is -2.12. The molecule has 0 heterocycles. The Morgan fingerprint density at radius 1 is 1.25 bits per heavy atom. The Morgan fingerprint density at radius 2 is 1.75 bits per heavy atom. The summed E-state index contributed by atoms with van der Waals surface area (Å²) >= 11 is 0. The van der Waals surface area contributed by atoms with Gasteiger partial charge in [0.15, 0.2) is 0 Å². The SMILES string of the molecule is CC(N)C(C)CC#CC(C)(C)C. The predicted molar refractivity (Wildman–Crippen MR) is 54.7 cm³/mol. The number of hydrogen-bond acceptors (Lipinski definition) is 1. The number of nitrogens with two attached hydrogens (primary N) is 1. The summed E-state index contributed by atoms with van der Waals surface area (Å²) in [6.45, 7) is 10.5. The summed E-state index contributed by atoms with van der Waals surface area (Å²) in [6, 6.07) is 0.249. The van der Waals surface area contributed by atoms with Crippen LogP contribution in [-0.2, 0) is 0 Å². The molecule has 12 heavy (non-hydrogen) atoms. The highest BCUT2D eigenvalue weighted by molar-refractivity contribution is 5.07. The van der Waals surface area contributed by atoms with Gasteiger partial charge < -0.3 is 5.73 Å². The van der Waals surface area contributed by atoms with Gasteiger partial charge in [-0.05, 0) is 33.6 Å². The van der Waals surface area contributed by atoms with Crippen molar-refractivity contribution in [3.8, 4) is 11.8 Å². The maximum Gasteiger partial charge on any atom is 0.0230 e. The van der Waals surface area contributed by atoms with Gasteiger partial charge >= 0.3 is 0 Å². The Hall–Kier alpha value is -0.480. The first-order valence-electron chi connectivity index (χ1n) is 4.58. The van der Waals surface area contributed by atoms with Crippen LogP contribution in [0.3, 0.4) is 0 Å². The number of hydrogen-bond donors (Lipinski definition) is 1. The van der Waals surface area contributed by atoms with Gasteiger partial charge in [-0.1, -0.05) is 12.8 Å². The first kappa shape index (κ1) is 11.5. The van der Waals surface area contributed by atoms with Crippen LogP contribution < -0.4 is 5.73 Å². The Labute approximate surface area is 76.7 Å². The largest absolute Gasteiger partial charge is 0.328 e. The molecule has 0 rings (SSSR count). The van der Waals surface area contributed by atoms with E-state index in [2.05, 4.69) is 39.5 Å². The molecule has 0 bridgehead atoms. The van der Waals surface area contributed by atoms with Crippen molar-refractivity contribution in [3.63, 3.8) is 0 Å². The fourth-order valence-corrected chi connectivity index (χ4v) is 0.663. The highest BCUT2D eigenvalue weighted by atomic mass is 14.6. The van der Waals surface area contributed by atoms with E-state index in [1.165, 1.54) is 0 Å². The molecular weight excluding hydrogens is 146 g/mol.